The second-order valence-electron chi connectivity index (χ2n) is 7.52. The van der Waals surface area contributed by atoms with Crippen molar-refractivity contribution in [2.75, 3.05) is 45.1 Å². The molecule has 4 N–H and O–H groups in total. The predicted molar refractivity (Wildman–Crippen MR) is 113 cm³/mol. The number of morpholine rings is 1. The number of fused-ring (bicyclic) bond motifs is 2. The summed E-state index contributed by atoms with van der Waals surface area (Å²) in [7, 11) is 0. The standard InChI is InChI=1S/C21H28N6O2/c1-2-3-8-23-21(28)17-18-20(25-16-7-5-4-6-15(16)24-18)27(19(17)22)10-9-26-11-13-29-14-12-26/h4-7H,2-3,8-14,22H2,1H3,(H,23,28)/p+1. The molecule has 1 aliphatic rings. The molecule has 2 aromatic heterocycles. The maximum Gasteiger partial charge on any atom is 0.257 e. The van der Waals surface area contributed by atoms with E-state index >= 15 is 0 Å². The fraction of sp³-hybridized carbons (Fsp3) is 0.476. The summed E-state index contributed by atoms with van der Waals surface area (Å²) < 4.78 is 7.40. The number of rotatable bonds is 7. The van der Waals surface area contributed by atoms with Gasteiger partial charge in [-0.25, -0.2) is 9.97 Å². The van der Waals surface area contributed by atoms with Gasteiger partial charge in [-0.05, 0) is 18.6 Å². The van der Waals surface area contributed by atoms with Gasteiger partial charge in [0, 0.05) is 6.54 Å². The first kappa shape index (κ1) is 19.6. The Bertz CT molecular complexity index is 1010. The molecule has 4 rings (SSSR count). The first-order chi connectivity index (χ1) is 14.2. The Morgan fingerprint density at radius 1 is 1.24 bits per heavy atom. The molecule has 0 atom stereocenters. The molecule has 1 aromatic carbocycles. The van der Waals surface area contributed by atoms with Gasteiger partial charge in [-0.2, -0.15) is 0 Å². The Labute approximate surface area is 170 Å². The number of aromatic nitrogens is 3. The molecule has 0 bridgehead atoms. The van der Waals surface area contributed by atoms with Crippen LogP contribution in [0.5, 0.6) is 0 Å². The van der Waals surface area contributed by atoms with Crippen LogP contribution in [0.2, 0.25) is 0 Å². The molecule has 29 heavy (non-hydrogen) atoms. The first-order valence-electron chi connectivity index (χ1n) is 10.4. The average Bonchev–Trinajstić information content (AvgIpc) is 3.01. The zero-order chi connectivity index (χ0) is 20.2. The maximum absolute atomic E-state index is 12.9. The van der Waals surface area contributed by atoms with Gasteiger partial charge < -0.3 is 25.3 Å². The highest BCUT2D eigenvalue weighted by atomic mass is 16.5. The molecule has 0 saturated carbocycles. The zero-order valence-electron chi connectivity index (χ0n) is 16.9. The molecule has 3 heterocycles. The van der Waals surface area contributed by atoms with Gasteiger partial charge >= 0.3 is 0 Å². The summed E-state index contributed by atoms with van der Waals surface area (Å²) in [6, 6.07) is 7.71. The number of nitrogens with zero attached hydrogens (tertiary/aromatic N) is 3. The van der Waals surface area contributed by atoms with Crippen molar-refractivity contribution in [3.63, 3.8) is 0 Å². The quantitative estimate of drug-likeness (QED) is 0.508. The van der Waals surface area contributed by atoms with Gasteiger partial charge in [-0.1, -0.05) is 25.5 Å². The summed E-state index contributed by atoms with van der Waals surface area (Å²) >= 11 is 0. The number of hydrogen-bond acceptors (Lipinski definition) is 5. The lowest BCUT2D eigenvalue weighted by molar-refractivity contribution is -0.908. The van der Waals surface area contributed by atoms with Crippen molar-refractivity contribution in [1.29, 1.82) is 0 Å². The second-order valence-corrected chi connectivity index (χ2v) is 7.52. The molecule has 8 heteroatoms. The second kappa shape index (κ2) is 8.75. The van der Waals surface area contributed by atoms with E-state index in [1.807, 2.05) is 28.8 Å². The van der Waals surface area contributed by atoms with Crippen LogP contribution in [0.25, 0.3) is 22.2 Å². The fourth-order valence-electron chi connectivity index (χ4n) is 3.81. The molecule has 1 fully saturated rings. The van der Waals surface area contributed by atoms with Gasteiger partial charge in [0.1, 0.15) is 30.0 Å². The molecule has 1 aliphatic heterocycles. The van der Waals surface area contributed by atoms with E-state index in [4.69, 9.17) is 20.4 Å². The van der Waals surface area contributed by atoms with Gasteiger partial charge in [0.05, 0.1) is 37.3 Å². The number of amides is 1. The van der Waals surface area contributed by atoms with Gasteiger partial charge in [0.25, 0.3) is 5.91 Å². The van der Waals surface area contributed by atoms with Crippen molar-refractivity contribution in [3.8, 4) is 0 Å². The zero-order valence-corrected chi connectivity index (χ0v) is 16.9. The number of benzene rings is 1. The molecular weight excluding hydrogens is 368 g/mol. The van der Waals surface area contributed by atoms with Gasteiger partial charge in [0.2, 0.25) is 0 Å². The smallest absolute Gasteiger partial charge is 0.257 e. The van der Waals surface area contributed by atoms with E-state index in [-0.39, 0.29) is 5.91 Å². The Morgan fingerprint density at radius 3 is 2.69 bits per heavy atom. The van der Waals surface area contributed by atoms with E-state index in [1.54, 1.807) is 0 Å². The normalized spacial score (nSPS) is 15.2. The summed E-state index contributed by atoms with van der Waals surface area (Å²) in [5, 5.41) is 2.98. The minimum atomic E-state index is -0.178. The van der Waals surface area contributed by atoms with Gasteiger partial charge in [-0.15, -0.1) is 0 Å². The molecule has 8 nitrogen and oxygen atoms in total. The number of anilines is 1. The third-order valence-electron chi connectivity index (χ3n) is 5.52. The number of hydrogen-bond donors (Lipinski definition) is 3. The van der Waals surface area contributed by atoms with Crippen LogP contribution >= 0.6 is 0 Å². The van der Waals surface area contributed by atoms with Crippen molar-refractivity contribution in [3.05, 3.63) is 29.8 Å². The van der Waals surface area contributed by atoms with E-state index in [2.05, 4.69) is 12.2 Å². The monoisotopic (exact) mass is 397 g/mol. The molecule has 0 spiro atoms. The lowest BCUT2D eigenvalue weighted by Crippen LogP contribution is -3.14. The van der Waals surface area contributed by atoms with Crippen LogP contribution < -0.4 is 16.0 Å². The Morgan fingerprint density at radius 2 is 1.97 bits per heavy atom. The number of para-hydroxylation sites is 2. The van der Waals surface area contributed by atoms with Crippen molar-refractivity contribution in [2.24, 2.45) is 0 Å². The van der Waals surface area contributed by atoms with Crippen molar-refractivity contribution in [2.45, 2.75) is 26.3 Å². The lowest BCUT2D eigenvalue weighted by Gasteiger charge is -2.24. The topological polar surface area (TPSA) is 99.5 Å². The number of unbranched alkanes of at least 4 members (excludes halogenated alkanes) is 1. The molecular formula is C21H29N6O2+. The minimum Gasteiger partial charge on any atom is -0.384 e. The van der Waals surface area contributed by atoms with Gasteiger partial charge in [0.15, 0.2) is 5.65 Å². The number of carbonyl (C=O) groups is 1. The summed E-state index contributed by atoms with van der Waals surface area (Å²) in [5.41, 5.74) is 9.74. The Hall–Kier alpha value is -2.71. The number of nitrogens with two attached hydrogens (primary N) is 1. The molecule has 154 valence electrons. The summed E-state index contributed by atoms with van der Waals surface area (Å²) in [4.78, 5) is 23.9. The summed E-state index contributed by atoms with van der Waals surface area (Å²) in [6.07, 6.45) is 1.95. The highest BCUT2D eigenvalue weighted by Crippen LogP contribution is 2.27. The summed E-state index contributed by atoms with van der Waals surface area (Å²) in [5.74, 6) is 0.264. The molecule has 0 unspecified atom stereocenters. The first-order valence-corrected chi connectivity index (χ1v) is 10.4. The van der Waals surface area contributed by atoms with Crippen LogP contribution in [0.4, 0.5) is 5.82 Å². The molecule has 0 radical (unpaired) electrons. The van der Waals surface area contributed by atoms with Crippen LogP contribution in [-0.4, -0.2) is 59.8 Å². The van der Waals surface area contributed by atoms with E-state index in [0.29, 0.717) is 35.6 Å². The average molecular weight is 398 g/mol. The van der Waals surface area contributed by atoms with Crippen LogP contribution in [0.1, 0.15) is 30.1 Å². The number of ether oxygens (including phenoxy) is 1. The third-order valence-corrected chi connectivity index (χ3v) is 5.52. The SMILES string of the molecule is CCCCNC(=O)c1c(N)n(CC[NH+]2CCOCC2)c2nc3ccccc3nc12. The van der Waals surface area contributed by atoms with Crippen molar-refractivity contribution in [1.82, 2.24) is 19.9 Å². The molecule has 3 aromatic rings. The largest absolute Gasteiger partial charge is 0.384 e. The molecule has 1 amide bonds. The fourth-order valence-corrected chi connectivity index (χ4v) is 3.81. The van der Waals surface area contributed by atoms with Crippen LogP contribution in [0.3, 0.4) is 0 Å². The number of carbonyl (C=O) groups excluding carboxylic acids is 1. The van der Waals surface area contributed by atoms with Gasteiger partial charge in [-0.3, -0.25) is 4.79 Å². The van der Waals surface area contributed by atoms with E-state index in [1.165, 1.54) is 4.90 Å². The van der Waals surface area contributed by atoms with E-state index in [0.717, 1.165) is 56.7 Å². The Kier molecular flexibility index (Phi) is 5.92. The van der Waals surface area contributed by atoms with Crippen molar-refractivity contribution < 1.29 is 14.4 Å². The molecule has 1 saturated heterocycles. The van der Waals surface area contributed by atoms with Crippen LogP contribution in [0, 0.1) is 0 Å². The third kappa shape index (κ3) is 4.04. The van der Waals surface area contributed by atoms with Crippen molar-refractivity contribution >= 4 is 33.9 Å². The van der Waals surface area contributed by atoms with Crippen LogP contribution in [-0.2, 0) is 11.3 Å². The number of nitrogens with one attached hydrogen (secondary N) is 2. The highest BCUT2D eigenvalue weighted by Gasteiger charge is 2.24. The number of quaternary nitrogens is 1. The molecule has 0 aliphatic carbocycles. The lowest BCUT2D eigenvalue weighted by atomic mass is 10.2. The number of nitrogen functional groups attached to an aromatic ring is 1. The minimum absolute atomic E-state index is 0.178. The summed E-state index contributed by atoms with van der Waals surface area (Å²) in [6.45, 7) is 7.85. The van der Waals surface area contributed by atoms with E-state index in [9.17, 15) is 4.79 Å². The predicted octanol–water partition coefficient (Wildman–Crippen LogP) is 0.612. The maximum atomic E-state index is 12.9. The van der Waals surface area contributed by atoms with Crippen LogP contribution in [0.15, 0.2) is 24.3 Å². The van der Waals surface area contributed by atoms with E-state index < -0.39 is 0 Å². The Balaban J connectivity index is 1.73. The highest BCUT2D eigenvalue weighted by molar-refractivity contribution is 6.10.